The number of fused-ring (bicyclic) bond motifs is 4. The van der Waals surface area contributed by atoms with Crippen molar-refractivity contribution in [2.75, 3.05) is 0 Å². The molecular formula is C26H15ClN2S. The molecule has 0 saturated heterocycles. The van der Waals surface area contributed by atoms with Crippen LogP contribution in [0.4, 0.5) is 0 Å². The van der Waals surface area contributed by atoms with E-state index >= 15 is 0 Å². The van der Waals surface area contributed by atoms with Crippen LogP contribution in [0.1, 0.15) is 0 Å². The summed E-state index contributed by atoms with van der Waals surface area (Å²) in [5.41, 5.74) is 5.72. The SMILES string of the molecule is Clc1ccc2c(c1)sc1ccc(-c3nc4ccccc4nc3-c3ccccc3)cc12. The normalized spacial score (nSPS) is 11.5. The van der Waals surface area contributed by atoms with Gasteiger partial charge in [0.1, 0.15) is 0 Å². The standard InChI is InChI=1S/C26H15ClN2S/c27-18-11-12-19-20-14-17(10-13-23(20)30-24(19)15-18)26-25(16-6-2-1-3-7-16)28-21-8-4-5-9-22(21)29-26/h1-15H. The first-order valence-electron chi connectivity index (χ1n) is 9.71. The van der Waals surface area contributed by atoms with Gasteiger partial charge in [-0.2, -0.15) is 0 Å². The third kappa shape index (κ3) is 2.86. The summed E-state index contributed by atoms with van der Waals surface area (Å²) in [6.45, 7) is 0. The lowest BCUT2D eigenvalue weighted by Gasteiger charge is -2.11. The Hall–Kier alpha value is -3.27. The van der Waals surface area contributed by atoms with Crippen LogP contribution in [-0.4, -0.2) is 9.97 Å². The zero-order valence-corrected chi connectivity index (χ0v) is 17.4. The Morgan fingerprint density at radius 1 is 0.567 bits per heavy atom. The van der Waals surface area contributed by atoms with E-state index in [9.17, 15) is 0 Å². The van der Waals surface area contributed by atoms with Gasteiger partial charge in [-0.15, -0.1) is 11.3 Å². The van der Waals surface area contributed by atoms with Crippen molar-refractivity contribution in [2.45, 2.75) is 0 Å². The first-order chi connectivity index (χ1) is 14.8. The minimum atomic E-state index is 0.765. The quantitative estimate of drug-likeness (QED) is 0.282. The number of hydrogen-bond donors (Lipinski definition) is 0. The fourth-order valence-electron chi connectivity index (χ4n) is 3.90. The predicted octanol–water partition coefficient (Wildman–Crippen LogP) is 7.99. The number of halogens is 1. The van der Waals surface area contributed by atoms with E-state index in [1.807, 2.05) is 54.6 Å². The lowest BCUT2D eigenvalue weighted by Crippen LogP contribution is -1.95. The van der Waals surface area contributed by atoms with Gasteiger partial charge in [0.2, 0.25) is 0 Å². The molecule has 0 bridgehead atoms. The van der Waals surface area contributed by atoms with Crippen molar-refractivity contribution in [1.29, 1.82) is 0 Å². The third-order valence-electron chi connectivity index (χ3n) is 5.32. The van der Waals surface area contributed by atoms with E-state index < -0.39 is 0 Å². The summed E-state index contributed by atoms with van der Waals surface area (Å²) >= 11 is 7.97. The number of rotatable bonds is 2. The molecule has 142 valence electrons. The fourth-order valence-corrected chi connectivity index (χ4v) is 5.26. The van der Waals surface area contributed by atoms with Crippen molar-refractivity contribution in [3.63, 3.8) is 0 Å². The molecule has 0 aliphatic carbocycles. The highest BCUT2D eigenvalue weighted by Crippen LogP contribution is 2.39. The number of thiophene rings is 1. The minimum Gasteiger partial charge on any atom is -0.244 e. The molecule has 0 radical (unpaired) electrons. The summed E-state index contributed by atoms with van der Waals surface area (Å²) in [5, 5.41) is 3.20. The van der Waals surface area contributed by atoms with E-state index in [0.29, 0.717) is 0 Å². The van der Waals surface area contributed by atoms with E-state index in [-0.39, 0.29) is 0 Å². The van der Waals surface area contributed by atoms with Crippen molar-refractivity contribution in [3.8, 4) is 22.5 Å². The van der Waals surface area contributed by atoms with Crippen LogP contribution in [0, 0.1) is 0 Å². The largest absolute Gasteiger partial charge is 0.244 e. The van der Waals surface area contributed by atoms with Crippen LogP contribution < -0.4 is 0 Å². The Morgan fingerprint density at radius 3 is 2.03 bits per heavy atom. The van der Waals surface area contributed by atoms with Crippen LogP contribution in [0.3, 0.4) is 0 Å². The van der Waals surface area contributed by atoms with Gasteiger partial charge in [0, 0.05) is 36.3 Å². The predicted molar refractivity (Wildman–Crippen MR) is 128 cm³/mol. The molecule has 6 aromatic rings. The lowest BCUT2D eigenvalue weighted by molar-refractivity contribution is 1.29. The summed E-state index contributed by atoms with van der Waals surface area (Å²) in [6.07, 6.45) is 0. The minimum absolute atomic E-state index is 0.765. The maximum atomic E-state index is 6.21. The first-order valence-corrected chi connectivity index (χ1v) is 10.9. The van der Waals surface area contributed by atoms with Gasteiger partial charge < -0.3 is 0 Å². The van der Waals surface area contributed by atoms with Gasteiger partial charge in [0.25, 0.3) is 0 Å². The lowest BCUT2D eigenvalue weighted by atomic mass is 10.0. The van der Waals surface area contributed by atoms with E-state index in [4.69, 9.17) is 21.6 Å². The average molecular weight is 423 g/mol. The summed E-state index contributed by atoms with van der Waals surface area (Å²) in [7, 11) is 0. The van der Waals surface area contributed by atoms with Gasteiger partial charge in [-0.3, -0.25) is 0 Å². The number of benzene rings is 4. The number of aromatic nitrogens is 2. The van der Waals surface area contributed by atoms with Crippen LogP contribution in [0.5, 0.6) is 0 Å². The molecule has 0 aliphatic heterocycles. The molecule has 6 rings (SSSR count). The molecule has 0 N–H and O–H groups in total. The van der Waals surface area contributed by atoms with Crippen LogP contribution in [-0.2, 0) is 0 Å². The Morgan fingerprint density at radius 2 is 1.27 bits per heavy atom. The summed E-state index contributed by atoms with van der Waals surface area (Å²) in [4.78, 5) is 10.0. The highest BCUT2D eigenvalue weighted by molar-refractivity contribution is 7.25. The molecule has 4 aromatic carbocycles. The van der Waals surface area contributed by atoms with Gasteiger partial charge in [-0.1, -0.05) is 66.2 Å². The van der Waals surface area contributed by atoms with Crippen LogP contribution >= 0.6 is 22.9 Å². The Balaban J connectivity index is 1.65. The second-order valence-corrected chi connectivity index (χ2v) is 8.75. The molecular weight excluding hydrogens is 408 g/mol. The number of nitrogens with zero attached hydrogens (tertiary/aromatic N) is 2. The molecule has 0 fully saturated rings. The number of hydrogen-bond acceptors (Lipinski definition) is 3. The number of para-hydroxylation sites is 2. The van der Waals surface area contributed by atoms with E-state index in [2.05, 4.69) is 36.4 Å². The van der Waals surface area contributed by atoms with Crippen molar-refractivity contribution >= 4 is 54.1 Å². The van der Waals surface area contributed by atoms with Crippen LogP contribution in [0.15, 0.2) is 91.0 Å². The van der Waals surface area contributed by atoms with Crippen molar-refractivity contribution in [1.82, 2.24) is 9.97 Å². The molecule has 2 nitrogen and oxygen atoms in total. The maximum absolute atomic E-state index is 6.21. The Kier molecular flexibility index (Phi) is 4.05. The van der Waals surface area contributed by atoms with Crippen LogP contribution in [0.25, 0.3) is 53.7 Å². The third-order valence-corrected chi connectivity index (χ3v) is 6.69. The summed E-state index contributed by atoms with van der Waals surface area (Å²) in [6, 6.07) is 30.9. The topological polar surface area (TPSA) is 25.8 Å². The van der Waals surface area contributed by atoms with Gasteiger partial charge in [0.05, 0.1) is 22.4 Å². The fraction of sp³-hybridized carbons (Fsp3) is 0. The molecule has 0 aliphatic rings. The molecule has 2 aromatic heterocycles. The van der Waals surface area contributed by atoms with E-state index in [1.54, 1.807) is 11.3 Å². The van der Waals surface area contributed by atoms with Gasteiger partial charge in [0.15, 0.2) is 0 Å². The summed E-state index contributed by atoms with van der Waals surface area (Å²) < 4.78 is 2.44. The van der Waals surface area contributed by atoms with E-state index in [1.165, 1.54) is 20.2 Å². The monoisotopic (exact) mass is 422 g/mol. The molecule has 0 unspecified atom stereocenters. The molecule has 4 heteroatoms. The van der Waals surface area contributed by atoms with Gasteiger partial charge in [-0.05, 0) is 36.4 Å². The zero-order valence-electron chi connectivity index (χ0n) is 15.8. The molecule has 0 amide bonds. The van der Waals surface area contributed by atoms with Crippen molar-refractivity contribution < 1.29 is 0 Å². The highest BCUT2D eigenvalue weighted by atomic mass is 35.5. The van der Waals surface area contributed by atoms with Crippen molar-refractivity contribution in [2.24, 2.45) is 0 Å². The Bertz CT molecular complexity index is 1550. The van der Waals surface area contributed by atoms with Crippen LogP contribution in [0.2, 0.25) is 5.02 Å². The molecule has 0 atom stereocenters. The molecule has 2 heterocycles. The van der Waals surface area contributed by atoms with E-state index in [0.717, 1.165) is 38.6 Å². The second kappa shape index (κ2) is 6.91. The van der Waals surface area contributed by atoms with Gasteiger partial charge in [-0.25, -0.2) is 9.97 Å². The smallest absolute Gasteiger partial charge is 0.0973 e. The second-order valence-electron chi connectivity index (χ2n) is 7.23. The molecule has 30 heavy (non-hydrogen) atoms. The average Bonchev–Trinajstić information content (AvgIpc) is 3.15. The zero-order chi connectivity index (χ0) is 20.1. The maximum Gasteiger partial charge on any atom is 0.0973 e. The first kappa shape index (κ1) is 17.6. The molecule has 0 spiro atoms. The molecule has 0 saturated carbocycles. The Labute approximate surface area is 182 Å². The van der Waals surface area contributed by atoms with Gasteiger partial charge >= 0.3 is 0 Å². The summed E-state index contributed by atoms with van der Waals surface area (Å²) in [5.74, 6) is 0. The van der Waals surface area contributed by atoms with Crippen molar-refractivity contribution in [3.05, 3.63) is 96.0 Å². The highest BCUT2D eigenvalue weighted by Gasteiger charge is 2.15.